The molecular formula is C12H8BrNO4. The average molecular weight is 310 g/mol. The minimum atomic E-state index is -0.601. The standard InChI is InChI=1S/C12H8BrNO4/c1-18-12(15)9-6-8(14(16)17)5-7-3-2-4-10(13)11(7)9/h2-6H,1H3. The van der Waals surface area contributed by atoms with Gasteiger partial charge in [-0.1, -0.05) is 28.1 Å². The molecule has 2 aromatic carbocycles. The van der Waals surface area contributed by atoms with Crippen molar-refractivity contribution in [2.24, 2.45) is 0 Å². The molecule has 0 aromatic heterocycles. The smallest absolute Gasteiger partial charge is 0.338 e. The Hall–Kier alpha value is -1.95. The minimum Gasteiger partial charge on any atom is -0.465 e. The van der Waals surface area contributed by atoms with E-state index in [9.17, 15) is 14.9 Å². The number of esters is 1. The largest absolute Gasteiger partial charge is 0.465 e. The number of nitro groups is 1. The first kappa shape index (κ1) is 12.5. The fraction of sp³-hybridized carbons (Fsp3) is 0.0833. The van der Waals surface area contributed by atoms with Gasteiger partial charge in [-0.2, -0.15) is 0 Å². The van der Waals surface area contributed by atoms with Crippen LogP contribution in [0.2, 0.25) is 0 Å². The molecule has 0 saturated heterocycles. The summed E-state index contributed by atoms with van der Waals surface area (Å²) in [5, 5.41) is 12.1. The van der Waals surface area contributed by atoms with E-state index in [4.69, 9.17) is 0 Å². The Bertz CT molecular complexity index is 654. The van der Waals surface area contributed by atoms with Crippen molar-refractivity contribution in [3.05, 3.63) is 50.5 Å². The molecule has 92 valence electrons. The van der Waals surface area contributed by atoms with Gasteiger partial charge >= 0.3 is 5.97 Å². The van der Waals surface area contributed by atoms with Crippen LogP contribution in [0.25, 0.3) is 10.8 Å². The number of halogens is 1. The van der Waals surface area contributed by atoms with Crippen LogP contribution in [0.4, 0.5) is 5.69 Å². The summed E-state index contributed by atoms with van der Waals surface area (Å²) in [7, 11) is 1.24. The predicted octanol–water partition coefficient (Wildman–Crippen LogP) is 3.30. The summed E-state index contributed by atoms with van der Waals surface area (Å²) < 4.78 is 5.34. The molecular weight excluding hydrogens is 302 g/mol. The number of hydrogen-bond donors (Lipinski definition) is 0. The quantitative estimate of drug-likeness (QED) is 0.485. The molecule has 0 aliphatic rings. The summed E-state index contributed by atoms with van der Waals surface area (Å²) in [5.41, 5.74) is 0.0372. The van der Waals surface area contributed by atoms with E-state index in [1.165, 1.54) is 19.2 Å². The number of fused-ring (bicyclic) bond motifs is 1. The third-order valence-corrected chi connectivity index (χ3v) is 3.19. The minimum absolute atomic E-state index is 0.138. The van der Waals surface area contributed by atoms with Gasteiger partial charge in [-0.05, 0) is 11.5 Å². The van der Waals surface area contributed by atoms with Crippen molar-refractivity contribution in [3.8, 4) is 0 Å². The van der Waals surface area contributed by atoms with Crippen molar-refractivity contribution in [1.29, 1.82) is 0 Å². The molecule has 0 unspecified atom stereocenters. The van der Waals surface area contributed by atoms with Gasteiger partial charge in [-0.15, -0.1) is 0 Å². The van der Waals surface area contributed by atoms with Gasteiger partial charge in [0, 0.05) is 22.0 Å². The Balaban J connectivity index is 2.86. The van der Waals surface area contributed by atoms with Crippen molar-refractivity contribution in [1.82, 2.24) is 0 Å². The van der Waals surface area contributed by atoms with Crippen LogP contribution in [0.3, 0.4) is 0 Å². The SMILES string of the molecule is COC(=O)c1cc([N+](=O)[O-])cc2cccc(Br)c12. The fourth-order valence-corrected chi connectivity index (χ4v) is 2.34. The fourth-order valence-electron chi connectivity index (χ4n) is 1.74. The molecule has 0 spiro atoms. The lowest BCUT2D eigenvalue weighted by atomic mass is 10.0. The van der Waals surface area contributed by atoms with E-state index >= 15 is 0 Å². The summed E-state index contributed by atoms with van der Waals surface area (Å²) in [6, 6.07) is 7.86. The van der Waals surface area contributed by atoms with Crippen LogP contribution in [0, 0.1) is 10.1 Å². The first-order valence-corrected chi connectivity index (χ1v) is 5.79. The van der Waals surface area contributed by atoms with Crippen LogP contribution >= 0.6 is 15.9 Å². The summed E-state index contributed by atoms with van der Waals surface area (Å²) in [6.45, 7) is 0. The summed E-state index contributed by atoms with van der Waals surface area (Å²) in [4.78, 5) is 22.0. The monoisotopic (exact) mass is 309 g/mol. The van der Waals surface area contributed by atoms with Gasteiger partial charge in [0.1, 0.15) is 0 Å². The zero-order chi connectivity index (χ0) is 13.3. The van der Waals surface area contributed by atoms with Crippen LogP contribution in [0.1, 0.15) is 10.4 Å². The average Bonchev–Trinajstić information content (AvgIpc) is 2.36. The molecule has 6 heteroatoms. The topological polar surface area (TPSA) is 69.4 Å². The van der Waals surface area contributed by atoms with Crippen molar-refractivity contribution in [2.75, 3.05) is 7.11 Å². The van der Waals surface area contributed by atoms with Crippen LogP contribution in [-0.4, -0.2) is 18.0 Å². The lowest BCUT2D eigenvalue weighted by molar-refractivity contribution is -0.384. The van der Waals surface area contributed by atoms with E-state index in [0.29, 0.717) is 15.2 Å². The Morgan fingerprint density at radius 2 is 2.11 bits per heavy atom. The van der Waals surface area contributed by atoms with Crippen LogP contribution < -0.4 is 0 Å². The highest BCUT2D eigenvalue weighted by Gasteiger charge is 2.18. The Morgan fingerprint density at radius 1 is 1.39 bits per heavy atom. The van der Waals surface area contributed by atoms with Crippen LogP contribution in [0.5, 0.6) is 0 Å². The highest BCUT2D eigenvalue weighted by atomic mass is 79.9. The highest BCUT2D eigenvalue weighted by Crippen LogP contribution is 2.31. The molecule has 0 fully saturated rings. The van der Waals surface area contributed by atoms with E-state index in [1.807, 2.05) is 0 Å². The summed E-state index contributed by atoms with van der Waals surface area (Å²) in [6.07, 6.45) is 0. The molecule has 0 atom stereocenters. The number of carbonyl (C=O) groups excluding carboxylic acids is 1. The first-order valence-electron chi connectivity index (χ1n) is 4.99. The van der Waals surface area contributed by atoms with Crippen LogP contribution in [0.15, 0.2) is 34.8 Å². The molecule has 18 heavy (non-hydrogen) atoms. The molecule has 0 saturated carbocycles. The van der Waals surface area contributed by atoms with Gasteiger partial charge in [0.05, 0.1) is 17.6 Å². The second kappa shape index (κ2) is 4.73. The number of non-ortho nitro benzene ring substituents is 1. The second-order valence-corrected chi connectivity index (χ2v) is 4.43. The zero-order valence-corrected chi connectivity index (χ0v) is 10.9. The van der Waals surface area contributed by atoms with Gasteiger partial charge in [0.15, 0.2) is 0 Å². The number of rotatable bonds is 2. The lowest BCUT2D eigenvalue weighted by Crippen LogP contribution is -2.03. The van der Waals surface area contributed by atoms with E-state index in [1.54, 1.807) is 18.2 Å². The maximum atomic E-state index is 11.7. The molecule has 0 heterocycles. The number of ether oxygens (including phenoxy) is 1. The Morgan fingerprint density at radius 3 is 2.72 bits per heavy atom. The molecule has 0 N–H and O–H groups in total. The molecule has 2 rings (SSSR count). The van der Waals surface area contributed by atoms with Gasteiger partial charge in [0.2, 0.25) is 0 Å². The van der Waals surface area contributed by atoms with E-state index < -0.39 is 10.9 Å². The third-order valence-electron chi connectivity index (χ3n) is 2.53. The summed E-state index contributed by atoms with van der Waals surface area (Å²) >= 11 is 3.33. The number of nitro benzene ring substituents is 1. The Labute approximate surface area is 111 Å². The number of nitrogens with zero attached hydrogens (tertiary/aromatic N) is 1. The molecule has 2 aromatic rings. The molecule has 0 amide bonds. The predicted molar refractivity (Wildman–Crippen MR) is 69.6 cm³/mol. The molecule has 0 radical (unpaired) electrons. The van der Waals surface area contributed by atoms with Gasteiger partial charge in [-0.3, -0.25) is 10.1 Å². The molecule has 0 aliphatic carbocycles. The van der Waals surface area contributed by atoms with Crippen molar-refractivity contribution < 1.29 is 14.5 Å². The van der Waals surface area contributed by atoms with E-state index in [2.05, 4.69) is 20.7 Å². The number of methoxy groups -OCH3 is 1. The highest BCUT2D eigenvalue weighted by molar-refractivity contribution is 9.10. The van der Waals surface area contributed by atoms with Gasteiger partial charge in [-0.25, -0.2) is 4.79 Å². The maximum Gasteiger partial charge on any atom is 0.338 e. The summed E-state index contributed by atoms with van der Waals surface area (Å²) in [5.74, 6) is -0.601. The van der Waals surface area contributed by atoms with Crippen molar-refractivity contribution in [2.45, 2.75) is 0 Å². The third kappa shape index (κ3) is 2.06. The van der Waals surface area contributed by atoms with Gasteiger partial charge < -0.3 is 4.74 Å². The zero-order valence-electron chi connectivity index (χ0n) is 9.34. The Kier molecular flexibility index (Phi) is 3.29. The number of hydrogen-bond acceptors (Lipinski definition) is 4. The lowest BCUT2D eigenvalue weighted by Gasteiger charge is -2.06. The van der Waals surface area contributed by atoms with Crippen LogP contribution in [-0.2, 0) is 4.74 Å². The number of benzene rings is 2. The normalized spacial score (nSPS) is 10.3. The molecule has 0 aliphatic heterocycles. The second-order valence-electron chi connectivity index (χ2n) is 3.58. The molecule has 0 bridgehead atoms. The van der Waals surface area contributed by atoms with E-state index in [0.717, 1.165) is 0 Å². The van der Waals surface area contributed by atoms with Crippen molar-refractivity contribution in [3.63, 3.8) is 0 Å². The first-order chi connectivity index (χ1) is 8.54. The van der Waals surface area contributed by atoms with Crippen molar-refractivity contribution >= 4 is 38.4 Å². The van der Waals surface area contributed by atoms with E-state index in [-0.39, 0.29) is 11.3 Å². The number of carbonyl (C=O) groups is 1. The molecule has 5 nitrogen and oxygen atoms in total. The maximum absolute atomic E-state index is 11.7. The van der Waals surface area contributed by atoms with Gasteiger partial charge in [0.25, 0.3) is 5.69 Å².